The molecule has 16 heavy (non-hydrogen) atoms. The van der Waals surface area contributed by atoms with E-state index >= 15 is 0 Å². The van der Waals surface area contributed by atoms with Crippen molar-refractivity contribution in [3.63, 3.8) is 0 Å². The lowest BCUT2D eigenvalue weighted by molar-refractivity contribution is 0.568. The summed E-state index contributed by atoms with van der Waals surface area (Å²) < 4.78 is 2.06. The summed E-state index contributed by atoms with van der Waals surface area (Å²) in [6.07, 6.45) is 6.49. The molecule has 0 fully saturated rings. The van der Waals surface area contributed by atoms with Gasteiger partial charge in [0.2, 0.25) is 0 Å². The Kier molecular flexibility index (Phi) is 2.81. The van der Waals surface area contributed by atoms with E-state index in [1.165, 1.54) is 0 Å². The Morgan fingerprint density at radius 3 is 2.75 bits per heavy atom. The number of nitrogen functional groups attached to an aromatic ring is 2. The zero-order valence-corrected chi connectivity index (χ0v) is 9.30. The van der Waals surface area contributed by atoms with Gasteiger partial charge in [-0.25, -0.2) is 4.98 Å². The van der Waals surface area contributed by atoms with Gasteiger partial charge in [-0.1, -0.05) is 13.0 Å². The summed E-state index contributed by atoms with van der Waals surface area (Å²) in [7, 11) is 0. The first-order chi connectivity index (χ1) is 7.72. The fourth-order valence-corrected chi connectivity index (χ4v) is 1.94. The van der Waals surface area contributed by atoms with Crippen LogP contribution in [0.5, 0.6) is 0 Å². The minimum Gasteiger partial charge on any atom is -0.399 e. The monoisotopic (exact) mass is 216 g/mol. The summed E-state index contributed by atoms with van der Waals surface area (Å²) in [6, 6.07) is 5.89. The van der Waals surface area contributed by atoms with E-state index in [9.17, 15) is 0 Å². The number of hydrogen-bond acceptors (Lipinski definition) is 3. The Bertz CT molecular complexity index is 462. The largest absolute Gasteiger partial charge is 0.399 e. The Hall–Kier alpha value is -1.97. The maximum atomic E-state index is 5.99. The van der Waals surface area contributed by atoms with Crippen molar-refractivity contribution >= 4 is 11.4 Å². The molecule has 0 saturated heterocycles. The summed E-state index contributed by atoms with van der Waals surface area (Å²) in [5, 5.41) is 0. The van der Waals surface area contributed by atoms with Crippen LogP contribution < -0.4 is 11.5 Å². The maximum Gasteiger partial charge on any atom is 0.0951 e. The molecular weight excluding hydrogens is 200 g/mol. The van der Waals surface area contributed by atoms with E-state index in [0.29, 0.717) is 5.69 Å². The molecule has 2 rings (SSSR count). The zero-order valence-electron chi connectivity index (χ0n) is 9.30. The third-order valence-electron chi connectivity index (χ3n) is 2.74. The molecule has 1 heterocycles. The molecular formula is C12H16N4. The number of anilines is 2. The lowest BCUT2D eigenvalue weighted by Gasteiger charge is -2.19. The lowest BCUT2D eigenvalue weighted by atomic mass is 10.0. The number of nitrogens with two attached hydrogens (primary N) is 2. The number of benzene rings is 1. The topological polar surface area (TPSA) is 69.9 Å². The number of nitrogens with zero attached hydrogens (tertiary/aromatic N) is 2. The Balaban J connectivity index is 2.41. The fourth-order valence-electron chi connectivity index (χ4n) is 1.94. The highest BCUT2D eigenvalue weighted by atomic mass is 15.0. The van der Waals surface area contributed by atoms with Gasteiger partial charge in [-0.05, 0) is 24.1 Å². The van der Waals surface area contributed by atoms with Crippen LogP contribution in [-0.4, -0.2) is 9.55 Å². The third kappa shape index (κ3) is 1.86. The van der Waals surface area contributed by atoms with Crippen LogP contribution >= 0.6 is 0 Å². The van der Waals surface area contributed by atoms with Crippen molar-refractivity contribution in [3.05, 3.63) is 42.5 Å². The van der Waals surface area contributed by atoms with Gasteiger partial charge in [0.05, 0.1) is 12.4 Å². The van der Waals surface area contributed by atoms with E-state index in [-0.39, 0.29) is 6.04 Å². The minimum atomic E-state index is 0.225. The van der Waals surface area contributed by atoms with Gasteiger partial charge in [-0.3, -0.25) is 0 Å². The first-order valence-electron chi connectivity index (χ1n) is 5.34. The molecule has 84 valence electrons. The van der Waals surface area contributed by atoms with Gasteiger partial charge in [0.15, 0.2) is 0 Å². The number of aromatic nitrogens is 2. The van der Waals surface area contributed by atoms with Crippen molar-refractivity contribution in [3.8, 4) is 0 Å². The molecule has 0 radical (unpaired) electrons. The van der Waals surface area contributed by atoms with E-state index in [0.717, 1.165) is 17.7 Å². The van der Waals surface area contributed by atoms with Crippen LogP contribution in [0.3, 0.4) is 0 Å². The zero-order chi connectivity index (χ0) is 11.5. The van der Waals surface area contributed by atoms with Gasteiger partial charge in [0.25, 0.3) is 0 Å². The highest BCUT2D eigenvalue weighted by Gasteiger charge is 2.13. The molecule has 4 heteroatoms. The molecule has 2 aromatic rings. The van der Waals surface area contributed by atoms with Crippen molar-refractivity contribution in [1.29, 1.82) is 0 Å². The molecule has 0 aliphatic carbocycles. The van der Waals surface area contributed by atoms with Crippen LogP contribution in [0.1, 0.15) is 24.9 Å². The second-order valence-electron chi connectivity index (χ2n) is 3.82. The van der Waals surface area contributed by atoms with Crippen molar-refractivity contribution in [2.24, 2.45) is 0 Å². The molecule has 1 atom stereocenters. The van der Waals surface area contributed by atoms with Crippen LogP contribution in [0, 0.1) is 0 Å². The predicted octanol–water partition coefficient (Wildman–Crippen LogP) is 2.05. The molecule has 0 amide bonds. The quantitative estimate of drug-likeness (QED) is 0.771. The first kappa shape index (κ1) is 10.5. The first-order valence-corrected chi connectivity index (χ1v) is 5.34. The van der Waals surface area contributed by atoms with Crippen LogP contribution in [0.15, 0.2) is 36.9 Å². The predicted molar refractivity (Wildman–Crippen MR) is 65.9 cm³/mol. The summed E-state index contributed by atoms with van der Waals surface area (Å²) in [4.78, 5) is 4.06. The molecule has 4 N–H and O–H groups in total. The van der Waals surface area contributed by atoms with Crippen molar-refractivity contribution < 1.29 is 0 Å². The lowest BCUT2D eigenvalue weighted by Crippen LogP contribution is -2.10. The highest BCUT2D eigenvalue weighted by molar-refractivity contribution is 5.57. The molecule has 0 saturated carbocycles. The summed E-state index contributed by atoms with van der Waals surface area (Å²) >= 11 is 0. The van der Waals surface area contributed by atoms with E-state index < -0.39 is 0 Å². The van der Waals surface area contributed by atoms with E-state index in [1.807, 2.05) is 24.7 Å². The van der Waals surface area contributed by atoms with E-state index in [4.69, 9.17) is 11.5 Å². The smallest absolute Gasteiger partial charge is 0.0951 e. The van der Waals surface area contributed by atoms with Crippen molar-refractivity contribution in [2.45, 2.75) is 19.4 Å². The SMILES string of the molecule is CCC(c1ccc(N)cc1N)n1ccnc1. The average molecular weight is 216 g/mol. The second-order valence-corrected chi connectivity index (χ2v) is 3.82. The molecule has 0 aliphatic heterocycles. The van der Waals surface area contributed by atoms with Crippen molar-refractivity contribution in [1.82, 2.24) is 9.55 Å². The standard InChI is InChI=1S/C12H16N4/c1-2-12(16-6-5-15-8-16)10-4-3-9(13)7-11(10)14/h3-8,12H,2,13-14H2,1H3. The van der Waals surface area contributed by atoms with Gasteiger partial charge in [0, 0.05) is 23.8 Å². The van der Waals surface area contributed by atoms with Gasteiger partial charge in [-0.2, -0.15) is 0 Å². The Morgan fingerprint density at radius 1 is 1.38 bits per heavy atom. The maximum absolute atomic E-state index is 5.99. The molecule has 4 nitrogen and oxygen atoms in total. The average Bonchev–Trinajstić information content (AvgIpc) is 2.75. The Labute approximate surface area is 94.9 Å². The normalized spacial score (nSPS) is 12.6. The van der Waals surface area contributed by atoms with Gasteiger partial charge >= 0.3 is 0 Å². The van der Waals surface area contributed by atoms with Gasteiger partial charge < -0.3 is 16.0 Å². The van der Waals surface area contributed by atoms with E-state index in [1.54, 1.807) is 12.3 Å². The minimum absolute atomic E-state index is 0.225. The molecule has 1 unspecified atom stereocenters. The second kappa shape index (κ2) is 4.26. The van der Waals surface area contributed by atoms with Crippen LogP contribution in [-0.2, 0) is 0 Å². The molecule has 1 aromatic carbocycles. The number of hydrogen-bond donors (Lipinski definition) is 2. The summed E-state index contributed by atoms with van der Waals surface area (Å²) in [5.41, 5.74) is 14.2. The summed E-state index contributed by atoms with van der Waals surface area (Å²) in [6.45, 7) is 2.13. The van der Waals surface area contributed by atoms with Gasteiger partial charge in [0.1, 0.15) is 0 Å². The molecule has 1 aromatic heterocycles. The van der Waals surface area contributed by atoms with Crippen molar-refractivity contribution in [2.75, 3.05) is 11.5 Å². The number of rotatable bonds is 3. The van der Waals surface area contributed by atoms with E-state index in [2.05, 4.69) is 16.5 Å². The molecule has 0 spiro atoms. The van der Waals surface area contributed by atoms with Crippen LogP contribution in [0.2, 0.25) is 0 Å². The summed E-state index contributed by atoms with van der Waals surface area (Å²) in [5.74, 6) is 0. The fraction of sp³-hybridized carbons (Fsp3) is 0.250. The van der Waals surface area contributed by atoms with Gasteiger partial charge in [-0.15, -0.1) is 0 Å². The van der Waals surface area contributed by atoms with Crippen LogP contribution in [0.25, 0.3) is 0 Å². The molecule has 0 bridgehead atoms. The number of imidazole rings is 1. The van der Waals surface area contributed by atoms with Crippen LogP contribution in [0.4, 0.5) is 11.4 Å². The molecule has 0 aliphatic rings. The Morgan fingerprint density at radius 2 is 2.19 bits per heavy atom. The third-order valence-corrected chi connectivity index (χ3v) is 2.74. The highest BCUT2D eigenvalue weighted by Crippen LogP contribution is 2.28.